The van der Waals surface area contributed by atoms with Gasteiger partial charge in [0.15, 0.2) is 0 Å². The molecule has 0 saturated carbocycles. The zero-order chi connectivity index (χ0) is 16.8. The highest BCUT2D eigenvalue weighted by Crippen LogP contribution is 2.32. The number of carbonyl (C=O) groups excluding carboxylic acids is 1. The lowest BCUT2D eigenvalue weighted by Gasteiger charge is -2.22. The van der Waals surface area contributed by atoms with Crippen molar-refractivity contribution in [3.63, 3.8) is 0 Å². The Labute approximate surface area is 142 Å². The van der Waals surface area contributed by atoms with E-state index < -0.39 is 0 Å². The Hall–Kier alpha value is -2.53. The fourth-order valence-corrected chi connectivity index (χ4v) is 2.78. The molecule has 0 radical (unpaired) electrons. The number of ether oxygens (including phenoxy) is 2. The van der Waals surface area contributed by atoms with Crippen molar-refractivity contribution in [1.82, 2.24) is 5.32 Å². The molecule has 0 bridgehead atoms. The Morgan fingerprint density at radius 2 is 1.83 bits per heavy atom. The van der Waals surface area contributed by atoms with Crippen molar-refractivity contribution >= 4 is 11.6 Å². The Morgan fingerprint density at radius 1 is 1.08 bits per heavy atom. The number of amides is 1. The number of methoxy groups -OCH3 is 1. The molecule has 5 nitrogen and oxygen atoms in total. The standard InChI is InChI=1S/C19H22N2O3/c1-23-18-13-16(24-15-5-3-2-4-6-15)7-8-17(18)21-19(22)14-9-11-20-12-10-14/h2-8,13-14,20H,9-12H2,1H3,(H,21,22). The smallest absolute Gasteiger partial charge is 0.227 e. The van der Waals surface area contributed by atoms with Crippen molar-refractivity contribution in [2.24, 2.45) is 5.92 Å². The van der Waals surface area contributed by atoms with Crippen LogP contribution in [0.1, 0.15) is 12.8 Å². The maximum absolute atomic E-state index is 12.4. The van der Waals surface area contributed by atoms with Gasteiger partial charge in [-0.25, -0.2) is 0 Å². The maximum Gasteiger partial charge on any atom is 0.227 e. The lowest BCUT2D eigenvalue weighted by molar-refractivity contribution is -0.120. The topological polar surface area (TPSA) is 59.6 Å². The molecule has 2 N–H and O–H groups in total. The summed E-state index contributed by atoms with van der Waals surface area (Å²) in [7, 11) is 1.59. The third-order valence-corrected chi connectivity index (χ3v) is 4.12. The molecule has 0 spiro atoms. The molecule has 0 atom stereocenters. The summed E-state index contributed by atoms with van der Waals surface area (Å²) in [6.45, 7) is 1.78. The lowest BCUT2D eigenvalue weighted by atomic mass is 9.97. The summed E-state index contributed by atoms with van der Waals surface area (Å²) in [4.78, 5) is 12.4. The molecule has 3 rings (SSSR count). The number of benzene rings is 2. The van der Waals surface area contributed by atoms with Crippen LogP contribution >= 0.6 is 0 Å². The van der Waals surface area contributed by atoms with Crippen LogP contribution in [-0.2, 0) is 4.79 Å². The van der Waals surface area contributed by atoms with Crippen LogP contribution in [0.2, 0.25) is 0 Å². The number of para-hydroxylation sites is 1. The third kappa shape index (κ3) is 4.06. The van der Waals surface area contributed by atoms with Crippen molar-refractivity contribution < 1.29 is 14.3 Å². The summed E-state index contributed by atoms with van der Waals surface area (Å²) in [6.07, 6.45) is 1.73. The van der Waals surface area contributed by atoms with Crippen LogP contribution in [0.5, 0.6) is 17.2 Å². The van der Waals surface area contributed by atoms with Gasteiger partial charge in [-0.05, 0) is 50.2 Å². The monoisotopic (exact) mass is 326 g/mol. The molecular weight excluding hydrogens is 304 g/mol. The van der Waals surface area contributed by atoms with E-state index in [0.29, 0.717) is 17.2 Å². The number of hydrogen-bond donors (Lipinski definition) is 2. The molecule has 126 valence electrons. The Kier molecular flexibility index (Phi) is 5.33. The Bertz CT molecular complexity index is 682. The van der Waals surface area contributed by atoms with Crippen LogP contribution in [0, 0.1) is 5.92 Å². The van der Waals surface area contributed by atoms with Crippen molar-refractivity contribution in [1.29, 1.82) is 0 Å². The molecular formula is C19H22N2O3. The number of rotatable bonds is 5. The van der Waals surface area contributed by atoms with Gasteiger partial charge in [0.25, 0.3) is 0 Å². The van der Waals surface area contributed by atoms with Gasteiger partial charge < -0.3 is 20.1 Å². The van der Waals surface area contributed by atoms with Gasteiger partial charge >= 0.3 is 0 Å². The number of nitrogens with one attached hydrogen (secondary N) is 2. The first-order valence-corrected chi connectivity index (χ1v) is 8.19. The van der Waals surface area contributed by atoms with Gasteiger partial charge in [-0.15, -0.1) is 0 Å². The highest BCUT2D eigenvalue weighted by atomic mass is 16.5. The van der Waals surface area contributed by atoms with Crippen LogP contribution in [0.15, 0.2) is 48.5 Å². The van der Waals surface area contributed by atoms with Crippen molar-refractivity contribution in [3.8, 4) is 17.2 Å². The quantitative estimate of drug-likeness (QED) is 0.884. The molecule has 0 aromatic heterocycles. The molecule has 0 aliphatic carbocycles. The average molecular weight is 326 g/mol. The minimum atomic E-state index is 0.0477. The molecule has 5 heteroatoms. The second kappa shape index (κ2) is 7.84. The van der Waals surface area contributed by atoms with E-state index in [2.05, 4.69) is 10.6 Å². The molecule has 2 aromatic carbocycles. The normalized spacial score (nSPS) is 14.9. The average Bonchev–Trinajstić information content (AvgIpc) is 2.64. The largest absolute Gasteiger partial charge is 0.494 e. The maximum atomic E-state index is 12.4. The zero-order valence-corrected chi connectivity index (χ0v) is 13.7. The first kappa shape index (κ1) is 16.3. The summed E-state index contributed by atoms with van der Waals surface area (Å²) in [5, 5.41) is 6.24. The van der Waals surface area contributed by atoms with E-state index in [4.69, 9.17) is 9.47 Å². The van der Waals surface area contributed by atoms with E-state index >= 15 is 0 Å². The van der Waals surface area contributed by atoms with Crippen LogP contribution in [-0.4, -0.2) is 26.1 Å². The fourth-order valence-electron chi connectivity index (χ4n) is 2.78. The molecule has 1 aliphatic rings. The predicted molar refractivity (Wildman–Crippen MR) is 93.7 cm³/mol. The van der Waals surface area contributed by atoms with E-state index in [1.165, 1.54) is 0 Å². The lowest BCUT2D eigenvalue weighted by Crippen LogP contribution is -2.34. The predicted octanol–water partition coefficient (Wildman–Crippen LogP) is 3.43. The van der Waals surface area contributed by atoms with Gasteiger partial charge in [-0.2, -0.15) is 0 Å². The summed E-state index contributed by atoms with van der Waals surface area (Å²) >= 11 is 0. The van der Waals surface area contributed by atoms with Crippen molar-refractivity contribution in [3.05, 3.63) is 48.5 Å². The van der Waals surface area contributed by atoms with E-state index in [0.717, 1.165) is 31.7 Å². The Morgan fingerprint density at radius 3 is 2.54 bits per heavy atom. The van der Waals surface area contributed by atoms with Gasteiger partial charge in [0, 0.05) is 12.0 Å². The highest BCUT2D eigenvalue weighted by molar-refractivity contribution is 5.94. The van der Waals surface area contributed by atoms with Gasteiger partial charge in [-0.3, -0.25) is 4.79 Å². The number of anilines is 1. The minimum Gasteiger partial charge on any atom is -0.494 e. The van der Waals surface area contributed by atoms with E-state index in [1.807, 2.05) is 42.5 Å². The first-order chi connectivity index (χ1) is 11.8. The van der Waals surface area contributed by atoms with Gasteiger partial charge in [0.1, 0.15) is 17.2 Å². The first-order valence-electron chi connectivity index (χ1n) is 8.19. The van der Waals surface area contributed by atoms with E-state index in [-0.39, 0.29) is 11.8 Å². The second-order valence-electron chi connectivity index (χ2n) is 5.79. The summed E-state index contributed by atoms with van der Waals surface area (Å²) in [6, 6.07) is 15.0. The molecule has 0 unspecified atom stereocenters. The van der Waals surface area contributed by atoms with Crippen LogP contribution < -0.4 is 20.1 Å². The highest BCUT2D eigenvalue weighted by Gasteiger charge is 2.21. The number of piperidine rings is 1. The summed E-state index contributed by atoms with van der Waals surface area (Å²) < 4.78 is 11.2. The second-order valence-corrected chi connectivity index (χ2v) is 5.79. The fraction of sp³-hybridized carbons (Fsp3) is 0.316. The van der Waals surface area contributed by atoms with Gasteiger partial charge in [0.05, 0.1) is 12.8 Å². The molecule has 24 heavy (non-hydrogen) atoms. The summed E-state index contributed by atoms with van der Waals surface area (Å²) in [5.41, 5.74) is 0.668. The van der Waals surface area contributed by atoms with E-state index in [1.54, 1.807) is 13.2 Å². The number of hydrogen-bond acceptors (Lipinski definition) is 4. The number of carbonyl (C=O) groups is 1. The van der Waals surface area contributed by atoms with Crippen LogP contribution in [0.4, 0.5) is 5.69 Å². The van der Waals surface area contributed by atoms with Crippen LogP contribution in [0.3, 0.4) is 0 Å². The summed E-state index contributed by atoms with van der Waals surface area (Å²) in [5.74, 6) is 2.11. The zero-order valence-electron chi connectivity index (χ0n) is 13.7. The molecule has 2 aromatic rings. The third-order valence-electron chi connectivity index (χ3n) is 4.12. The van der Waals surface area contributed by atoms with Gasteiger partial charge in [0.2, 0.25) is 5.91 Å². The van der Waals surface area contributed by atoms with E-state index in [9.17, 15) is 4.79 Å². The van der Waals surface area contributed by atoms with Crippen LogP contribution in [0.25, 0.3) is 0 Å². The molecule has 1 saturated heterocycles. The Balaban J connectivity index is 1.70. The van der Waals surface area contributed by atoms with Crippen molar-refractivity contribution in [2.75, 3.05) is 25.5 Å². The molecule has 1 amide bonds. The molecule has 1 aliphatic heterocycles. The van der Waals surface area contributed by atoms with Crippen molar-refractivity contribution in [2.45, 2.75) is 12.8 Å². The van der Waals surface area contributed by atoms with Gasteiger partial charge in [-0.1, -0.05) is 18.2 Å². The molecule has 1 fully saturated rings. The molecule has 1 heterocycles. The SMILES string of the molecule is COc1cc(Oc2ccccc2)ccc1NC(=O)C1CCNCC1. The minimum absolute atomic E-state index is 0.0477.